The zero-order valence-electron chi connectivity index (χ0n) is 14.2. The SMILES string of the molecule is CC(C)(C)OC(=O)N(C(=O)OC(C)(C)C)c1ncc(CBr)cn1. The van der Waals surface area contributed by atoms with E-state index in [-0.39, 0.29) is 5.95 Å². The van der Waals surface area contributed by atoms with Crippen LogP contribution in [0.15, 0.2) is 12.4 Å². The van der Waals surface area contributed by atoms with Gasteiger partial charge in [0.2, 0.25) is 5.95 Å². The number of nitrogens with zero attached hydrogens (tertiary/aromatic N) is 3. The molecule has 0 fully saturated rings. The summed E-state index contributed by atoms with van der Waals surface area (Å²) in [5.74, 6) is -0.0989. The van der Waals surface area contributed by atoms with Gasteiger partial charge in [-0.1, -0.05) is 15.9 Å². The fraction of sp³-hybridized carbons (Fsp3) is 0.600. The highest BCUT2D eigenvalue weighted by Crippen LogP contribution is 2.18. The highest BCUT2D eigenvalue weighted by molar-refractivity contribution is 9.08. The average molecular weight is 388 g/mol. The highest BCUT2D eigenvalue weighted by Gasteiger charge is 2.34. The Morgan fingerprint density at radius 3 is 1.70 bits per heavy atom. The van der Waals surface area contributed by atoms with Crippen LogP contribution in [0.25, 0.3) is 0 Å². The number of imide groups is 1. The van der Waals surface area contributed by atoms with Crippen molar-refractivity contribution in [2.24, 2.45) is 0 Å². The molecular formula is C15H22BrN3O4. The first-order valence-electron chi connectivity index (χ1n) is 7.06. The van der Waals surface area contributed by atoms with Crippen LogP contribution in [0.4, 0.5) is 15.5 Å². The number of alkyl halides is 1. The topological polar surface area (TPSA) is 81.6 Å². The van der Waals surface area contributed by atoms with Crippen LogP contribution in [0.1, 0.15) is 47.1 Å². The van der Waals surface area contributed by atoms with Gasteiger partial charge in [-0.15, -0.1) is 4.90 Å². The van der Waals surface area contributed by atoms with Crippen LogP contribution in [-0.2, 0) is 14.8 Å². The van der Waals surface area contributed by atoms with Crippen molar-refractivity contribution in [1.82, 2.24) is 9.97 Å². The maximum absolute atomic E-state index is 12.4. The van der Waals surface area contributed by atoms with Gasteiger partial charge < -0.3 is 9.47 Å². The van der Waals surface area contributed by atoms with E-state index in [1.54, 1.807) is 41.5 Å². The van der Waals surface area contributed by atoms with E-state index in [1.807, 2.05) is 0 Å². The predicted molar refractivity (Wildman–Crippen MR) is 89.6 cm³/mol. The smallest absolute Gasteiger partial charge is 0.427 e. The first-order valence-corrected chi connectivity index (χ1v) is 8.18. The zero-order chi connectivity index (χ0) is 17.8. The molecule has 1 rings (SSSR count). The number of aromatic nitrogens is 2. The molecule has 2 amide bonds. The second-order valence-electron chi connectivity index (χ2n) is 6.82. The van der Waals surface area contributed by atoms with E-state index in [0.717, 1.165) is 5.56 Å². The number of hydrogen-bond donors (Lipinski definition) is 0. The molecule has 1 aromatic rings. The first kappa shape index (κ1) is 19.3. The van der Waals surface area contributed by atoms with E-state index >= 15 is 0 Å². The van der Waals surface area contributed by atoms with Crippen LogP contribution in [0, 0.1) is 0 Å². The van der Waals surface area contributed by atoms with Gasteiger partial charge in [0.1, 0.15) is 11.2 Å². The Hall–Kier alpha value is -1.70. The summed E-state index contributed by atoms with van der Waals surface area (Å²) in [7, 11) is 0. The van der Waals surface area contributed by atoms with Crippen molar-refractivity contribution in [3.05, 3.63) is 18.0 Å². The quantitative estimate of drug-likeness (QED) is 0.711. The molecule has 8 heteroatoms. The van der Waals surface area contributed by atoms with Crippen LogP contribution < -0.4 is 4.90 Å². The van der Waals surface area contributed by atoms with E-state index in [0.29, 0.717) is 10.2 Å². The fourth-order valence-electron chi connectivity index (χ4n) is 1.39. The highest BCUT2D eigenvalue weighted by atomic mass is 79.9. The lowest BCUT2D eigenvalue weighted by molar-refractivity contribution is 0.0427. The number of carbonyl (C=O) groups is 2. The van der Waals surface area contributed by atoms with Gasteiger partial charge >= 0.3 is 12.2 Å². The number of halogens is 1. The summed E-state index contributed by atoms with van der Waals surface area (Å²) < 4.78 is 10.5. The lowest BCUT2D eigenvalue weighted by atomic mass is 10.2. The number of ether oxygens (including phenoxy) is 2. The molecule has 0 saturated heterocycles. The van der Waals surface area contributed by atoms with Crippen LogP contribution in [0.3, 0.4) is 0 Å². The summed E-state index contributed by atoms with van der Waals surface area (Å²) in [5, 5.41) is 0.562. The van der Waals surface area contributed by atoms with Gasteiger partial charge in [0, 0.05) is 17.7 Å². The predicted octanol–water partition coefficient (Wildman–Crippen LogP) is 4.05. The molecule has 0 unspecified atom stereocenters. The van der Waals surface area contributed by atoms with Crippen molar-refractivity contribution < 1.29 is 19.1 Å². The molecule has 0 atom stereocenters. The van der Waals surface area contributed by atoms with Crippen molar-refractivity contribution in [1.29, 1.82) is 0 Å². The Morgan fingerprint density at radius 2 is 1.39 bits per heavy atom. The number of anilines is 1. The summed E-state index contributed by atoms with van der Waals surface area (Å²) in [6, 6.07) is 0. The van der Waals surface area contributed by atoms with Crippen molar-refractivity contribution in [3.63, 3.8) is 0 Å². The second kappa shape index (κ2) is 7.25. The summed E-state index contributed by atoms with van der Waals surface area (Å²) in [4.78, 5) is 33.5. The molecular weight excluding hydrogens is 366 g/mol. The van der Waals surface area contributed by atoms with Crippen molar-refractivity contribution >= 4 is 34.1 Å². The third kappa shape index (κ3) is 6.52. The van der Waals surface area contributed by atoms with E-state index in [1.165, 1.54) is 12.4 Å². The molecule has 128 valence electrons. The Bertz CT molecular complexity index is 534. The zero-order valence-corrected chi connectivity index (χ0v) is 15.8. The molecule has 1 aromatic heterocycles. The van der Waals surface area contributed by atoms with E-state index in [4.69, 9.17) is 9.47 Å². The largest absolute Gasteiger partial charge is 0.443 e. The van der Waals surface area contributed by atoms with E-state index in [2.05, 4.69) is 25.9 Å². The molecule has 0 aliphatic heterocycles. The first-order chi connectivity index (χ1) is 10.4. The van der Waals surface area contributed by atoms with Crippen LogP contribution >= 0.6 is 15.9 Å². The summed E-state index contributed by atoms with van der Waals surface area (Å²) in [5.41, 5.74) is -0.734. The molecule has 0 saturated carbocycles. The Labute approximate surface area is 144 Å². The molecule has 0 bridgehead atoms. The minimum absolute atomic E-state index is 0.0989. The molecule has 0 aliphatic rings. The Kier molecular flexibility index (Phi) is 6.10. The maximum Gasteiger partial charge on any atom is 0.427 e. The van der Waals surface area contributed by atoms with Gasteiger partial charge in [0.25, 0.3) is 0 Å². The van der Waals surface area contributed by atoms with Crippen LogP contribution in [0.2, 0.25) is 0 Å². The normalized spacial score (nSPS) is 11.8. The van der Waals surface area contributed by atoms with Crippen molar-refractivity contribution in [2.45, 2.75) is 58.1 Å². The standard InChI is InChI=1S/C15H22BrN3O4/c1-14(2,3)22-12(20)19(13(21)23-15(4,5)6)11-17-8-10(7-16)9-18-11/h8-9H,7H2,1-6H3. The number of rotatable bonds is 2. The van der Waals surface area contributed by atoms with E-state index in [9.17, 15) is 9.59 Å². The average Bonchev–Trinajstić information content (AvgIpc) is 2.35. The van der Waals surface area contributed by atoms with Gasteiger partial charge in [-0.2, -0.15) is 0 Å². The van der Waals surface area contributed by atoms with Gasteiger partial charge in [0.05, 0.1) is 0 Å². The lowest BCUT2D eigenvalue weighted by Crippen LogP contribution is -2.44. The fourth-order valence-corrected chi connectivity index (χ4v) is 1.67. The summed E-state index contributed by atoms with van der Waals surface area (Å²) in [6.07, 6.45) is 1.24. The third-order valence-corrected chi connectivity index (χ3v) is 2.85. The van der Waals surface area contributed by atoms with Gasteiger partial charge in [-0.3, -0.25) is 0 Å². The van der Waals surface area contributed by atoms with Gasteiger partial charge in [-0.05, 0) is 47.1 Å². The van der Waals surface area contributed by atoms with Crippen molar-refractivity contribution in [2.75, 3.05) is 4.90 Å². The summed E-state index contributed by atoms with van der Waals surface area (Å²) in [6.45, 7) is 10.2. The lowest BCUT2D eigenvalue weighted by Gasteiger charge is -2.27. The minimum Gasteiger partial charge on any atom is -0.443 e. The molecule has 0 aromatic carbocycles. The van der Waals surface area contributed by atoms with Crippen LogP contribution in [0.5, 0.6) is 0 Å². The molecule has 0 radical (unpaired) electrons. The third-order valence-electron chi connectivity index (χ3n) is 2.20. The molecule has 0 spiro atoms. The molecule has 0 aliphatic carbocycles. The monoisotopic (exact) mass is 387 g/mol. The molecule has 0 N–H and O–H groups in total. The Balaban J connectivity index is 3.14. The summed E-state index contributed by atoms with van der Waals surface area (Å²) >= 11 is 3.28. The molecule has 1 heterocycles. The number of hydrogen-bond acceptors (Lipinski definition) is 6. The Morgan fingerprint density at radius 1 is 1.00 bits per heavy atom. The van der Waals surface area contributed by atoms with E-state index < -0.39 is 23.4 Å². The van der Waals surface area contributed by atoms with Crippen LogP contribution in [-0.4, -0.2) is 33.4 Å². The molecule has 7 nitrogen and oxygen atoms in total. The molecule has 23 heavy (non-hydrogen) atoms. The second-order valence-corrected chi connectivity index (χ2v) is 7.38. The van der Waals surface area contributed by atoms with Gasteiger partial charge in [0.15, 0.2) is 0 Å². The van der Waals surface area contributed by atoms with Crippen molar-refractivity contribution in [3.8, 4) is 0 Å². The maximum atomic E-state index is 12.4. The minimum atomic E-state index is -0.890. The number of amides is 2. The van der Waals surface area contributed by atoms with Gasteiger partial charge in [-0.25, -0.2) is 19.6 Å². The number of carbonyl (C=O) groups excluding carboxylic acids is 2.